The van der Waals surface area contributed by atoms with Crippen molar-refractivity contribution < 1.29 is 23.7 Å². The Hall–Kier alpha value is -0.200. The molecule has 0 rings (SSSR count). The first-order chi connectivity index (χ1) is 9.91. The number of rotatable bonds is 17. The predicted molar refractivity (Wildman–Crippen MR) is 79.3 cm³/mol. The fourth-order valence-electron chi connectivity index (χ4n) is 1.44. The Morgan fingerprint density at radius 2 is 0.900 bits per heavy atom. The van der Waals surface area contributed by atoms with Gasteiger partial charge in [0.15, 0.2) is 0 Å². The molecule has 0 atom stereocenters. The fraction of sp³-hybridized carbons (Fsp3) is 1.00. The van der Waals surface area contributed by atoms with E-state index in [-0.39, 0.29) is 0 Å². The molecular weight excluding hydrogens is 260 g/mol. The Labute approximate surface area is 123 Å². The molecule has 0 spiro atoms. The third kappa shape index (κ3) is 17.8. The SMILES string of the molecule is CCCCOCCOCCCCOCCOCCOC. The molecule has 0 saturated heterocycles. The fourth-order valence-corrected chi connectivity index (χ4v) is 1.44. The molecule has 0 fully saturated rings. The maximum absolute atomic E-state index is 5.47. The highest BCUT2D eigenvalue weighted by Crippen LogP contribution is 1.93. The molecule has 122 valence electrons. The molecule has 0 heterocycles. The van der Waals surface area contributed by atoms with Gasteiger partial charge in [-0.15, -0.1) is 0 Å². The minimum Gasteiger partial charge on any atom is -0.382 e. The van der Waals surface area contributed by atoms with Crippen molar-refractivity contribution in [2.24, 2.45) is 0 Å². The van der Waals surface area contributed by atoms with Gasteiger partial charge in [0.05, 0.1) is 39.6 Å². The van der Waals surface area contributed by atoms with Crippen molar-refractivity contribution in [1.82, 2.24) is 0 Å². The second kappa shape index (κ2) is 18.8. The summed E-state index contributed by atoms with van der Waals surface area (Å²) in [6.45, 7) is 8.51. The molecule has 5 heteroatoms. The van der Waals surface area contributed by atoms with Crippen LogP contribution in [0.15, 0.2) is 0 Å². The molecule has 0 aliphatic heterocycles. The molecule has 5 nitrogen and oxygen atoms in total. The number of unbranched alkanes of at least 4 members (excludes halogenated alkanes) is 2. The van der Waals surface area contributed by atoms with Gasteiger partial charge in [-0.2, -0.15) is 0 Å². The van der Waals surface area contributed by atoms with E-state index in [0.717, 1.165) is 39.1 Å². The number of methoxy groups -OCH3 is 1. The highest BCUT2D eigenvalue weighted by Gasteiger charge is 1.93. The Morgan fingerprint density at radius 3 is 1.35 bits per heavy atom. The summed E-state index contributed by atoms with van der Waals surface area (Å²) >= 11 is 0. The lowest BCUT2D eigenvalue weighted by atomic mass is 10.3. The zero-order valence-electron chi connectivity index (χ0n) is 13.2. The Kier molecular flexibility index (Phi) is 18.6. The van der Waals surface area contributed by atoms with Crippen molar-refractivity contribution in [3.05, 3.63) is 0 Å². The van der Waals surface area contributed by atoms with Crippen LogP contribution in [-0.2, 0) is 23.7 Å². The van der Waals surface area contributed by atoms with Gasteiger partial charge in [0.25, 0.3) is 0 Å². The molecule has 0 aromatic carbocycles. The summed E-state index contributed by atoms with van der Waals surface area (Å²) < 4.78 is 26.5. The van der Waals surface area contributed by atoms with Crippen LogP contribution in [0.2, 0.25) is 0 Å². The first-order valence-electron chi connectivity index (χ1n) is 7.71. The number of ether oxygens (including phenoxy) is 5. The Morgan fingerprint density at radius 1 is 0.500 bits per heavy atom. The Balaban J connectivity index is 2.89. The summed E-state index contributed by atoms with van der Waals surface area (Å²) in [7, 11) is 1.67. The highest BCUT2D eigenvalue weighted by molar-refractivity contribution is 4.40. The van der Waals surface area contributed by atoms with Crippen LogP contribution in [0.3, 0.4) is 0 Å². The zero-order chi connectivity index (χ0) is 14.7. The van der Waals surface area contributed by atoms with Crippen molar-refractivity contribution in [1.29, 1.82) is 0 Å². The van der Waals surface area contributed by atoms with Crippen LogP contribution in [0.1, 0.15) is 32.6 Å². The van der Waals surface area contributed by atoms with E-state index in [0.29, 0.717) is 39.6 Å². The molecule has 0 aromatic heterocycles. The van der Waals surface area contributed by atoms with Gasteiger partial charge in [-0.25, -0.2) is 0 Å². The van der Waals surface area contributed by atoms with Crippen molar-refractivity contribution in [2.75, 3.05) is 66.6 Å². The van der Waals surface area contributed by atoms with Crippen LogP contribution in [0.5, 0.6) is 0 Å². The van der Waals surface area contributed by atoms with Crippen LogP contribution in [0, 0.1) is 0 Å². The van der Waals surface area contributed by atoms with Crippen LogP contribution < -0.4 is 0 Å². The lowest BCUT2D eigenvalue weighted by Crippen LogP contribution is -2.09. The van der Waals surface area contributed by atoms with E-state index < -0.39 is 0 Å². The first-order valence-corrected chi connectivity index (χ1v) is 7.71. The molecule has 0 aromatic rings. The van der Waals surface area contributed by atoms with E-state index >= 15 is 0 Å². The maximum Gasteiger partial charge on any atom is 0.0701 e. The summed E-state index contributed by atoms with van der Waals surface area (Å²) in [5.41, 5.74) is 0. The van der Waals surface area contributed by atoms with Gasteiger partial charge in [-0.1, -0.05) is 13.3 Å². The smallest absolute Gasteiger partial charge is 0.0701 e. The van der Waals surface area contributed by atoms with E-state index in [9.17, 15) is 0 Å². The number of hydrogen-bond donors (Lipinski definition) is 0. The second-order valence-electron chi connectivity index (χ2n) is 4.50. The molecule has 0 saturated carbocycles. The van der Waals surface area contributed by atoms with Crippen molar-refractivity contribution in [3.8, 4) is 0 Å². The molecule has 0 aliphatic rings. The van der Waals surface area contributed by atoms with E-state index in [4.69, 9.17) is 23.7 Å². The van der Waals surface area contributed by atoms with Gasteiger partial charge < -0.3 is 23.7 Å². The summed E-state index contributed by atoms with van der Waals surface area (Å²) in [6, 6.07) is 0. The van der Waals surface area contributed by atoms with Gasteiger partial charge in [-0.05, 0) is 19.3 Å². The van der Waals surface area contributed by atoms with Gasteiger partial charge in [0.1, 0.15) is 0 Å². The van der Waals surface area contributed by atoms with E-state index in [1.165, 1.54) is 6.42 Å². The predicted octanol–water partition coefficient (Wildman–Crippen LogP) is 2.28. The average Bonchev–Trinajstić information content (AvgIpc) is 2.47. The summed E-state index contributed by atoms with van der Waals surface area (Å²) in [5, 5.41) is 0. The quantitative estimate of drug-likeness (QED) is 0.385. The molecule has 0 aliphatic carbocycles. The molecular formula is C15H32O5. The molecule has 0 amide bonds. The van der Waals surface area contributed by atoms with Gasteiger partial charge in [-0.3, -0.25) is 0 Å². The summed E-state index contributed by atoms with van der Waals surface area (Å²) in [4.78, 5) is 0. The minimum atomic E-state index is 0.633. The minimum absolute atomic E-state index is 0.633. The van der Waals surface area contributed by atoms with Crippen LogP contribution >= 0.6 is 0 Å². The second-order valence-corrected chi connectivity index (χ2v) is 4.50. The largest absolute Gasteiger partial charge is 0.382 e. The topological polar surface area (TPSA) is 46.2 Å². The van der Waals surface area contributed by atoms with E-state index in [2.05, 4.69) is 6.92 Å². The third-order valence-electron chi connectivity index (χ3n) is 2.65. The van der Waals surface area contributed by atoms with Crippen molar-refractivity contribution >= 4 is 0 Å². The van der Waals surface area contributed by atoms with E-state index in [1.807, 2.05) is 0 Å². The van der Waals surface area contributed by atoms with Gasteiger partial charge in [0, 0.05) is 26.9 Å². The molecule has 0 bridgehead atoms. The normalized spacial score (nSPS) is 11.1. The summed E-state index contributed by atoms with van der Waals surface area (Å²) in [5.74, 6) is 0. The van der Waals surface area contributed by atoms with Crippen molar-refractivity contribution in [2.45, 2.75) is 32.6 Å². The third-order valence-corrected chi connectivity index (χ3v) is 2.65. The monoisotopic (exact) mass is 292 g/mol. The lowest BCUT2D eigenvalue weighted by molar-refractivity contribution is 0.0200. The Bertz CT molecular complexity index is 148. The highest BCUT2D eigenvalue weighted by atomic mass is 16.5. The van der Waals surface area contributed by atoms with E-state index in [1.54, 1.807) is 7.11 Å². The standard InChI is InChI=1S/C15H32O5/c1-3-4-7-17-12-13-18-8-5-6-9-19-14-15-20-11-10-16-2/h3-15H2,1-2H3. The van der Waals surface area contributed by atoms with Crippen LogP contribution in [0.25, 0.3) is 0 Å². The van der Waals surface area contributed by atoms with Crippen LogP contribution in [0.4, 0.5) is 0 Å². The van der Waals surface area contributed by atoms with Crippen molar-refractivity contribution in [3.63, 3.8) is 0 Å². The molecule has 0 radical (unpaired) electrons. The molecule has 0 N–H and O–H groups in total. The van der Waals surface area contributed by atoms with Gasteiger partial charge in [0.2, 0.25) is 0 Å². The average molecular weight is 292 g/mol. The maximum atomic E-state index is 5.47. The number of hydrogen-bond acceptors (Lipinski definition) is 5. The molecule has 20 heavy (non-hydrogen) atoms. The molecule has 0 unspecified atom stereocenters. The first kappa shape index (κ1) is 19.8. The zero-order valence-corrected chi connectivity index (χ0v) is 13.2. The lowest BCUT2D eigenvalue weighted by Gasteiger charge is -2.06. The van der Waals surface area contributed by atoms with Gasteiger partial charge >= 0.3 is 0 Å². The van der Waals surface area contributed by atoms with Crippen LogP contribution in [-0.4, -0.2) is 66.6 Å². The summed E-state index contributed by atoms with van der Waals surface area (Å²) in [6.07, 6.45) is 4.36.